The summed E-state index contributed by atoms with van der Waals surface area (Å²) in [7, 11) is 0. The third kappa shape index (κ3) is 6.03. The Morgan fingerprint density at radius 3 is 2.43 bits per heavy atom. The molecule has 0 unspecified atom stereocenters. The maximum atomic E-state index is 13.7. The summed E-state index contributed by atoms with van der Waals surface area (Å²) < 4.78 is 0. The Balaban J connectivity index is 1.61. The number of rotatable bonds is 11. The van der Waals surface area contributed by atoms with Crippen LogP contribution in [0, 0.1) is 41.7 Å². The maximum Gasteiger partial charge on any atom is 0.271 e. The smallest absolute Gasteiger partial charge is 0.271 e. The van der Waals surface area contributed by atoms with Crippen LogP contribution in [0.3, 0.4) is 0 Å². The van der Waals surface area contributed by atoms with Gasteiger partial charge in [0.1, 0.15) is 5.75 Å². The largest absolute Gasteiger partial charge is 0.507 e. The lowest BCUT2D eigenvalue weighted by molar-refractivity contribution is -0.384. The molecule has 2 aromatic rings. The lowest BCUT2D eigenvalue weighted by atomic mass is 9.67. The number of aliphatic hydroxyl groups excluding tert-OH is 2. The summed E-state index contributed by atoms with van der Waals surface area (Å²) in [5, 5.41) is 43.6. The van der Waals surface area contributed by atoms with Gasteiger partial charge < -0.3 is 15.3 Å². The number of imide groups is 1. The Hall–Kier alpha value is -3.82. The van der Waals surface area contributed by atoms with Gasteiger partial charge in [-0.15, -0.1) is 0 Å². The zero-order chi connectivity index (χ0) is 30.7. The number of phenolic OH excluding ortho intramolecular Hbond substituents is 1. The third-order valence-corrected chi connectivity index (χ3v) is 8.67. The fourth-order valence-electron chi connectivity index (χ4n) is 6.63. The van der Waals surface area contributed by atoms with E-state index in [4.69, 9.17) is 0 Å². The van der Waals surface area contributed by atoms with Gasteiger partial charge in [0.05, 0.1) is 35.2 Å². The summed E-state index contributed by atoms with van der Waals surface area (Å²) in [6.45, 7) is 7.38. The standard InChI is InChI=1S/C33H40N2O7/c1-5-8-23-16-26-30(33(40)34(32(26)39)24-9-7-10-25(17-24)35(41)42)27(18-36)29(23)28(37)12-11-21(6-2)15-22-13-19(3)31(38)20(4)14-22/h7,9-10,13-15,17,26-28,30,36-38H,5-6,8,11-12,16,18H2,1-4H3/b21-15+/t26-,27+,28-,30-/m1/s1. The molecule has 2 aliphatic rings. The van der Waals surface area contributed by atoms with Gasteiger partial charge in [-0.1, -0.05) is 43.6 Å². The molecule has 0 bridgehead atoms. The van der Waals surface area contributed by atoms with Gasteiger partial charge in [-0.05, 0) is 86.4 Å². The number of nitrogens with zero attached hydrogens (tertiary/aromatic N) is 2. The molecule has 42 heavy (non-hydrogen) atoms. The number of fused-ring (bicyclic) bond motifs is 1. The van der Waals surface area contributed by atoms with E-state index in [1.54, 1.807) is 0 Å². The average molecular weight is 577 g/mol. The monoisotopic (exact) mass is 576 g/mol. The third-order valence-electron chi connectivity index (χ3n) is 8.67. The number of anilines is 1. The van der Waals surface area contributed by atoms with Crippen molar-refractivity contribution in [3.8, 4) is 5.75 Å². The van der Waals surface area contributed by atoms with Crippen molar-refractivity contribution in [1.29, 1.82) is 0 Å². The first-order valence-corrected chi connectivity index (χ1v) is 14.6. The molecular weight excluding hydrogens is 536 g/mol. The highest BCUT2D eigenvalue weighted by molar-refractivity contribution is 6.22. The summed E-state index contributed by atoms with van der Waals surface area (Å²) in [5.74, 6) is -2.92. The first-order valence-electron chi connectivity index (χ1n) is 14.6. The number of non-ortho nitro benzene ring substituents is 1. The zero-order valence-electron chi connectivity index (χ0n) is 24.7. The minimum atomic E-state index is -0.905. The van der Waals surface area contributed by atoms with Crippen molar-refractivity contribution in [3.63, 3.8) is 0 Å². The molecule has 1 heterocycles. The second-order valence-corrected chi connectivity index (χ2v) is 11.4. The lowest BCUT2D eigenvalue weighted by Crippen LogP contribution is -2.39. The van der Waals surface area contributed by atoms with E-state index in [1.165, 1.54) is 24.3 Å². The molecule has 9 heteroatoms. The molecular formula is C33H40N2O7. The fraction of sp³-hybridized carbons (Fsp3) is 0.455. The lowest BCUT2D eigenvalue weighted by Gasteiger charge is -2.36. The molecule has 2 amide bonds. The van der Waals surface area contributed by atoms with Crippen molar-refractivity contribution >= 4 is 29.3 Å². The first-order chi connectivity index (χ1) is 20.0. The molecule has 0 aromatic heterocycles. The van der Waals surface area contributed by atoms with Crippen molar-refractivity contribution in [1.82, 2.24) is 0 Å². The first kappa shape index (κ1) is 31.1. The van der Waals surface area contributed by atoms with Crippen LogP contribution < -0.4 is 4.90 Å². The number of allylic oxidation sites excluding steroid dienone is 2. The molecule has 9 nitrogen and oxygen atoms in total. The topological polar surface area (TPSA) is 141 Å². The number of carbonyl (C=O) groups is 2. The summed E-state index contributed by atoms with van der Waals surface area (Å²) in [6, 6.07) is 9.31. The molecule has 2 aromatic carbocycles. The molecule has 1 fully saturated rings. The molecule has 1 aliphatic heterocycles. The number of hydrogen-bond donors (Lipinski definition) is 3. The number of nitro groups is 1. The quantitative estimate of drug-likeness (QED) is 0.134. The van der Waals surface area contributed by atoms with Gasteiger partial charge in [-0.25, -0.2) is 4.90 Å². The molecule has 4 rings (SSSR count). The second kappa shape index (κ2) is 13.0. The van der Waals surface area contributed by atoms with E-state index in [1.807, 2.05) is 39.8 Å². The van der Waals surface area contributed by atoms with E-state index in [0.717, 1.165) is 45.6 Å². The van der Waals surface area contributed by atoms with Crippen LogP contribution >= 0.6 is 0 Å². The van der Waals surface area contributed by atoms with E-state index in [-0.39, 0.29) is 17.1 Å². The molecule has 0 spiro atoms. The number of aromatic hydroxyl groups is 1. The Kier molecular flexibility index (Phi) is 9.64. The van der Waals surface area contributed by atoms with Crippen LogP contribution in [0.1, 0.15) is 69.1 Å². The number of amides is 2. The summed E-state index contributed by atoms with van der Waals surface area (Å²) >= 11 is 0. The Labute approximate surface area is 246 Å². The molecule has 224 valence electrons. The number of benzene rings is 2. The van der Waals surface area contributed by atoms with E-state index >= 15 is 0 Å². The van der Waals surface area contributed by atoms with Crippen molar-refractivity contribution in [3.05, 3.63) is 79.9 Å². The van der Waals surface area contributed by atoms with Crippen LogP contribution in [0.25, 0.3) is 6.08 Å². The predicted molar refractivity (Wildman–Crippen MR) is 161 cm³/mol. The minimum Gasteiger partial charge on any atom is -0.507 e. The van der Waals surface area contributed by atoms with Crippen LogP contribution in [-0.4, -0.2) is 44.8 Å². The van der Waals surface area contributed by atoms with Crippen molar-refractivity contribution in [2.24, 2.45) is 17.8 Å². The van der Waals surface area contributed by atoms with E-state index in [0.29, 0.717) is 31.3 Å². The highest BCUT2D eigenvalue weighted by Crippen LogP contribution is 2.48. The Morgan fingerprint density at radius 1 is 1.14 bits per heavy atom. The van der Waals surface area contributed by atoms with Gasteiger partial charge in [0.2, 0.25) is 11.8 Å². The van der Waals surface area contributed by atoms with Crippen molar-refractivity contribution in [2.45, 2.75) is 72.3 Å². The molecule has 1 saturated heterocycles. The molecule has 3 N–H and O–H groups in total. The van der Waals surface area contributed by atoms with E-state index < -0.39 is 47.2 Å². The van der Waals surface area contributed by atoms with Gasteiger partial charge in [-0.2, -0.15) is 0 Å². The van der Waals surface area contributed by atoms with Crippen LogP contribution in [-0.2, 0) is 9.59 Å². The number of aryl methyl sites for hydroxylation is 2. The Bertz CT molecular complexity index is 1420. The predicted octanol–water partition coefficient (Wildman–Crippen LogP) is 5.77. The number of nitro benzene ring substituents is 1. The summed E-state index contributed by atoms with van der Waals surface area (Å²) in [6.07, 6.45) is 4.64. The molecule has 0 saturated carbocycles. The fourth-order valence-corrected chi connectivity index (χ4v) is 6.63. The van der Waals surface area contributed by atoms with Gasteiger partial charge >= 0.3 is 0 Å². The van der Waals surface area contributed by atoms with Gasteiger partial charge in [0, 0.05) is 18.1 Å². The van der Waals surface area contributed by atoms with Crippen molar-refractivity contribution in [2.75, 3.05) is 11.5 Å². The Morgan fingerprint density at radius 2 is 1.83 bits per heavy atom. The molecule has 4 atom stereocenters. The van der Waals surface area contributed by atoms with Crippen LogP contribution in [0.2, 0.25) is 0 Å². The van der Waals surface area contributed by atoms with Gasteiger partial charge in [0.15, 0.2) is 0 Å². The van der Waals surface area contributed by atoms with Crippen LogP contribution in [0.4, 0.5) is 11.4 Å². The van der Waals surface area contributed by atoms with E-state index in [2.05, 4.69) is 6.08 Å². The second-order valence-electron chi connectivity index (χ2n) is 11.4. The van der Waals surface area contributed by atoms with Crippen LogP contribution in [0.15, 0.2) is 53.1 Å². The number of carbonyl (C=O) groups excluding carboxylic acids is 2. The van der Waals surface area contributed by atoms with Crippen LogP contribution in [0.5, 0.6) is 5.75 Å². The minimum absolute atomic E-state index is 0.141. The van der Waals surface area contributed by atoms with E-state index in [9.17, 15) is 35.0 Å². The van der Waals surface area contributed by atoms with Crippen molar-refractivity contribution < 1.29 is 29.8 Å². The zero-order valence-corrected chi connectivity index (χ0v) is 24.7. The SMILES string of the molecule is CCCC1=C([C@H](O)CC/C(=C/c2cc(C)c(O)c(C)c2)CC)[C@H](CO)[C@@H]2C(=O)N(c3cccc([N+](=O)[O-])c3)C(=O)[C@@H]2C1. The summed E-state index contributed by atoms with van der Waals surface area (Å²) in [5.41, 5.74) is 5.15. The van der Waals surface area contributed by atoms with Gasteiger partial charge in [-0.3, -0.25) is 19.7 Å². The normalized spacial score (nSPS) is 21.6. The van der Waals surface area contributed by atoms with Gasteiger partial charge in [0.25, 0.3) is 5.69 Å². The highest BCUT2D eigenvalue weighted by atomic mass is 16.6. The summed E-state index contributed by atoms with van der Waals surface area (Å²) in [4.78, 5) is 39.1. The molecule has 1 aliphatic carbocycles. The highest BCUT2D eigenvalue weighted by Gasteiger charge is 2.55. The maximum absolute atomic E-state index is 13.7. The number of hydrogen-bond acceptors (Lipinski definition) is 7. The molecule has 0 radical (unpaired) electrons. The number of aliphatic hydroxyl groups is 2. The average Bonchev–Trinajstić information content (AvgIpc) is 3.21. The number of phenols is 1.